The summed E-state index contributed by atoms with van der Waals surface area (Å²) in [6, 6.07) is 14.2. The van der Waals surface area contributed by atoms with E-state index in [9.17, 15) is 10.1 Å². The molecular weight excluding hydrogens is 362 g/mol. The van der Waals surface area contributed by atoms with Crippen molar-refractivity contribution in [2.45, 2.75) is 25.2 Å². The second-order valence-electron chi connectivity index (χ2n) is 7.76. The molecule has 0 radical (unpaired) electrons. The number of fused-ring (bicyclic) bond motifs is 3. The molecular formula is C23H19N5O. The van der Waals surface area contributed by atoms with Crippen molar-refractivity contribution in [2.75, 3.05) is 0 Å². The van der Waals surface area contributed by atoms with Gasteiger partial charge in [-0.25, -0.2) is 0 Å². The van der Waals surface area contributed by atoms with E-state index < -0.39 is 5.41 Å². The highest BCUT2D eigenvalue weighted by Gasteiger charge is 2.53. The molecule has 3 aromatic rings. The number of H-pyrrole nitrogens is 1. The smallest absolute Gasteiger partial charge is 0.176 e. The predicted octanol–water partition coefficient (Wildman–Crippen LogP) is 3.38. The molecule has 142 valence electrons. The molecule has 6 nitrogen and oxygen atoms in total. The molecule has 0 saturated heterocycles. The Bertz CT molecular complexity index is 1160. The Kier molecular flexibility index (Phi) is 3.92. The van der Waals surface area contributed by atoms with Crippen molar-refractivity contribution in [1.29, 1.82) is 5.26 Å². The Hall–Kier alpha value is -3.59. The largest absolute Gasteiger partial charge is 0.293 e. The maximum atomic E-state index is 12.8. The second-order valence-corrected chi connectivity index (χ2v) is 7.76. The third kappa shape index (κ3) is 2.40. The van der Waals surface area contributed by atoms with E-state index in [0.29, 0.717) is 0 Å². The molecule has 2 aliphatic rings. The van der Waals surface area contributed by atoms with Gasteiger partial charge in [-0.15, -0.1) is 0 Å². The lowest BCUT2D eigenvalue weighted by atomic mass is 9.54. The van der Waals surface area contributed by atoms with Crippen LogP contribution < -0.4 is 0 Å². The Balaban J connectivity index is 1.82. The van der Waals surface area contributed by atoms with Crippen LogP contribution in [0.3, 0.4) is 0 Å². The van der Waals surface area contributed by atoms with Crippen molar-refractivity contribution in [1.82, 2.24) is 20.4 Å². The summed E-state index contributed by atoms with van der Waals surface area (Å²) < 4.78 is 0. The number of carbonyl (C=O) groups is 1. The Morgan fingerprint density at radius 3 is 2.76 bits per heavy atom. The molecule has 0 bridgehead atoms. The Morgan fingerprint density at radius 2 is 2.03 bits per heavy atom. The summed E-state index contributed by atoms with van der Waals surface area (Å²) in [5.74, 6) is -0.242. The molecule has 1 N–H and O–H groups in total. The second kappa shape index (κ2) is 6.49. The van der Waals surface area contributed by atoms with Crippen molar-refractivity contribution in [2.24, 2.45) is 11.8 Å². The fourth-order valence-corrected chi connectivity index (χ4v) is 5.13. The van der Waals surface area contributed by atoms with Crippen molar-refractivity contribution in [3.05, 3.63) is 77.3 Å². The van der Waals surface area contributed by atoms with E-state index in [2.05, 4.69) is 38.6 Å². The number of ketones is 1. The molecule has 2 heterocycles. The predicted molar refractivity (Wildman–Crippen MR) is 107 cm³/mol. The third-order valence-electron chi connectivity index (χ3n) is 6.46. The first-order chi connectivity index (χ1) is 14.2. The number of nitrogens with one attached hydrogen (secondary N) is 1. The molecule has 1 aromatic carbocycles. The van der Waals surface area contributed by atoms with E-state index in [1.165, 1.54) is 0 Å². The van der Waals surface area contributed by atoms with Crippen LogP contribution in [0.4, 0.5) is 0 Å². The van der Waals surface area contributed by atoms with Crippen LogP contribution in [-0.4, -0.2) is 26.2 Å². The van der Waals surface area contributed by atoms with Gasteiger partial charge < -0.3 is 0 Å². The van der Waals surface area contributed by atoms with Gasteiger partial charge in [-0.3, -0.25) is 9.89 Å². The highest BCUT2D eigenvalue weighted by Crippen LogP contribution is 2.54. The molecule has 0 aliphatic heterocycles. The molecule has 6 heteroatoms. The number of hydrogen-bond donors (Lipinski definition) is 1. The minimum atomic E-state index is -0.584. The van der Waals surface area contributed by atoms with Gasteiger partial charge in [0.25, 0.3) is 0 Å². The average Bonchev–Trinajstić information content (AvgIpc) is 3.22. The van der Waals surface area contributed by atoms with E-state index in [1.807, 2.05) is 37.3 Å². The molecule has 0 amide bonds. The van der Waals surface area contributed by atoms with E-state index >= 15 is 0 Å². The summed E-state index contributed by atoms with van der Waals surface area (Å²) in [6.07, 6.45) is 6.90. The maximum Gasteiger partial charge on any atom is 0.176 e. The van der Waals surface area contributed by atoms with Crippen LogP contribution in [-0.2, 0) is 16.6 Å². The zero-order chi connectivity index (χ0) is 20.0. The third-order valence-corrected chi connectivity index (χ3v) is 6.46. The monoisotopic (exact) mass is 381 g/mol. The number of aromatic nitrogens is 4. The fourth-order valence-electron chi connectivity index (χ4n) is 5.13. The number of Topliss-reactive ketones (excluding diaryl/α,β-unsaturated/α-hetero) is 1. The summed E-state index contributed by atoms with van der Waals surface area (Å²) in [7, 11) is 0. The highest BCUT2D eigenvalue weighted by molar-refractivity contribution is 6.02. The van der Waals surface area contributed by atoms with Gasteiger partial charge in [-0.2, -0.15) is 20.6 Å². The van der Waals surface area contributed by atoms with Gasteiger partial charge in [-0.05, 0) is 36.5 Å². The number of hydrogen-bond acceptors (Lipinski definition) is 5. The van der Waals surface area contributed by atoms with E-state index in [0.717, 1.165) is 40.9 Å². The van der Waals surface area contributed by atoms with Crippen LogP contribution in [0.1, 0.15) is 30.2 Å². The van der Waals surface area contributed by atoms with Gasteiger partial charge in [0.15, 0.2) is 5.78 Å². The number of aromatic amines is 1. The highest BCUT2D eigenvalue weighted by atomic mass is 16.1. The van der Waals surface area contributed by atoms with Crippen LogP contribution in [0.15, 0.2) is 60.4 Å². The molecule has 29 heavy (non-hydrogen) atoms. The number of rotatable bonds is 2. The van der Waals surface area contributed by atoms with Crippen molar-refractivity contribution in [3.63, 3.8) is 0 Å². The molecule has 0 fully saturated rings. The van der Waals surface area contributed by atoms with Crippen LogP contribution in [0.5, 0.6) is 0 Å². The fraction of sp³-hybridized carbons (Fsp3) is 0.261. The number of nitriles is 1. The normalized spacial score (nSPS) is 25.5. The summed E-state index contributed by atoms with van der Waals surface area (Å²) in [6.45, 7) is 1.95. The van der Waals surface area contributed by atoms with Crippen LogP contribution >= 0.6 is 0 Å². The summed E-state index contributed by atoms with van der Waals surface area (Å²) in [5.41, 5.74) is 4.57. The molecule has 3 atom stereocenters. The van der Waals surface area contributed by atoms with Crippen LogP contribution in [0.25, 0.3) is 11.3 Å². The van der Waals surface area contributed by atoms with E-state index in [-0.39, 0.29) is 23.2 Å². The molecule has 0 saturated carbocycles. The van der Waals surface area contributed by atoms with Gasteiger partial charge in [0.1, 0.15) is 6.07 Å². The number of benzene rings is 1. The van der Waals surface area contributed by atoms with Crippen LogP contribution in [0.2, 0.25) is 0 Å². The minimum Gasteiger partial charge on any atom is -0.293 e. The van der Waals surface area contributed by atoms with Crippen molar-refractivity contribution in [3.8, 4) is 17.3 Å². The van der Waals surface area contributed by atoms with Crippen molar-refractivity contribution < 1.29 is 4.79 Å². The van der Waals surface area contributed by atoms with Gasteiger partial charge in [-0.1, -0.05) is 37.3 Å². The summed E-state index contributed by atoms with van der Waals surface area (Å²) in [5, 5.41) is 25.4. The van der Waals surface area contributed by atoms with Crippen molar-refractivity contribution >= 4 is 5.78 Å². The van der Waals surface area contributed by atoms with Gasteiger partial charge >= 0.3 is 0 Å². The first-order valence-electron chi connectivity index (χ1n) is 9.74. The number of allylic oxidation sites excluding steroid dienone is 2. The average molecular weight is 381 g/mol. The number of nitrogens with zero attached hydrogens (tertiary/aromatic N) is 4. The SMILES string of the molecule is CC1C(=O)C(C#N)=C[C@]2(c3ccccc3)c3[nH]nc(-c4ccnnc4)c3CCC12. The van der Waals surface area contributed by atoms with Gasteiger partial charge in [0, 0.05) is 17.0 Å². The zero-order valence-corrected chi connectivity index (χ0v) is 16.0. The molecule has 2 aliphatic carbocycles. The topological polar surface area (TPSA) is 95.3 Å². The summed E-state index contributed by atoms with van der Waals surface area (Å²) in [4.78, 5) is 12.8. The summed E-state index contributed by atoms with van der Waals surface area (Å²) >= 11 is 0. The first-order valence-corrected chi connectivity index (χ1v) is 9.74. The van der Waals surface area contributed by atoms with Gasteiger partial charge in [0.2, 0.25) is 0 Å². The standard InChI is InChI=1S/C23H19N5O/c1-14-19-8-7-18-20(15-9-10-25-26-13-15)27-28-22(18)23(19,11-16(12-24)21(14)29)17-5-3-2-4-6-17/h2-6,9-11,13-14,19H,7-8H2,1H3,(H,27,28)/t14?,19?,23-/m1/s1. The Morgan fingerprint density at radius 1 is 1.21 bits per heavy atom. The zero-order valence-electron chi connectivity index (χ0n) is 16.0. The minimum absolute atomic E-state index is 0.0610. The molecule has 5 rings (SSSR count). The maximum absolute atomic E-state index is 12.8. The first kappa shape index (κ1) is 17.5. The quantitative estimate of drug-likeness (QED) is 0.734. The van der Waals surface area contributed by atoms with E-state index in [4.69, 9.17) is 0 Å². The lowest BCUT2D eigenvalue weighted by Crippen LogP contribution is -2.48. The Labute approximate surface area is 168 Å². The van der Waals surface area contributed by atoms with Crippen LogP contribution in [0, 0.1) is 23.2 Å². The van der Waals surface area contributed by atoms with Gasteiger partial charge in [0.05, 0.1) is 34.8 Å². The van der Waals surface area contributed by atoms with E-state index in [1.54, 1.807) is 12.4 Å². The lowest BCUT2D eigenvalue weighted by Gasteiger charge is -2.47. The molecule has 0 spiro atoms. The molecule has 2 unspecified atom stereocenters. The lowest BCUT2D eigenvalue weighted by molar-refractivity contribution is -0.121. The number of carbonyl (C=O) groups excluding carboxylic acids is 1. The molecule has 2 aromatic heterocycles.